The van der Waals surface area contributed by atoms with Crippen molar-refractivity contribution in [3.63, 3.8) is 0 Å². The van der Waals surface area contributed by atoms with Crippen LogP contribution in [0.25, 0.3) is 0 Å². The van der Waals surface area contributed by atoms with Gasteiger partial charge in [-0.1, -0.05) is 27.8 Å². The van der Waals surface area contributed by atoms with Crippen LogP contribution in [0, 0.1) is 17.7 Å². The molecule has 74 valence electrons. The topological polar surface area (TPSA) is 20.2 Å². The normalized spacial score (nSPS) is 10.6. The van der Waals surface area contributed by atoms with Crippen LogP contribution in [-0.2, 0) is 0 Å². The number of rotatable bonds is 0. The third kappa shape index (κ3) is 3.49. The molecule has 0 amide bonds. The summed E-state index contributed by atoms with van der Waals surface area (Å²) in [5.41, 5.74) is -0.810. The molecule has 0 saturated heterocycles. The summed E-state index contributed by atoms with van der Waals surface area (Å²) in [6, 6.07) is 4.62. The predicted octanol–water partition coefficient (Wildman–Crippen LogP) is 2.71. The molecule has 0 heterocycles. The fourth-order valence-corrected chi connectivity index (χ4v) is 1.14. The molecule has 0 spiro atoms. The van der Waals surface area contributed by atoms with Crippen LogP contribution in [0.3, 0.4) is 0 Å². The molecule has 0 aromatic heterocycles. The van der Waals surface area contributed by atoms with Gasteiger partial charge in [-0.05, 0) is 32.0 Å². The third-order valence-electron chi connectivity index (χ3n) is 1.43. The molecule has 0 saturated carbocycles. The van der Waals surface area contributed by atoms with Crippen molar-refractivity contribution in [3.05, 3.63) is 34.1 Å². The molecule has 0 aliphatic rings. The smallest absolute Gasteiger partial charge is 0.139 e. The van der Waals surface area contributed by atoms with Gasteiger partial charge in [0.1, 0.15) is 11.4 Å². The van der Waals surface area contributed by atoms with Gasteiger partial charge in [0.25, 0.3) is 0 Å². The Morgan fingerprint density at radius 2 is 2.07 bits per heavy atom. The van der Waals surface area contributed by atoms with Crippen LogP contribution in [0.2, 0.25) is 0 Å². The molecule has 0 aliphatic heterocycles. The molecule has 1 N–H and O–H groups in total. The van der Waals surface area contributed by atoms with Crippen molar-refractivity contribution in [2.24, 2.45) is 0 Å². The lowest BCUT2D eigenvalue weighted by atomic mass is 10.1. The van der Waals surface area contributed by atoms with Gasteiger partial charge in [0.05, 0.1) is 5.56 Å². The first-order chi connectivity index (χ1) is 6.38. The number of benzene rings is 1. The van der Waals surface area contributed by atoms with E-state index in [-0.39, 0.29) is 5.56 Å². The Kier molecular flexibility index (Phi) is 3.30. The molecular weight excluding hydrogens is 247 g/mol. The lowest BCUT2D eigenvalue weighted by Crippen LogP contribution is -2.14. The Hall–Kier alpha value is -0.850. The predicted molar refractivity (Wildman–Crippen MR) is 57.3 cm³/mol. The number of hydrogen-bond acceptors (Lipinski definition) is 1. The largest absolute Gasteiger partial charge is 0.378 e. The Morgan fingerprint density at radius 1 is 1.43 bits per heavy atom. The van der Waals surface area contributed by atoms with E-state index < -0.39 is 11.4 Å². The molecule has 1 nitrogen and oxygen atoms in total. The van der Waals surface area contributed by atoms with E-state index in [0.29, 0.717) is 4.47 Å². The second kappa shape index (κ2) is 4.12. The van der Waals surface area contributed by atoms with Crippen molar-refractivity contribution >= 4 is 15.9 Å². The van der Waals surface area contributed by atoms with Crippen LogP contribution in [0.5, 0.6) is 0 Å². The van der Waals surface area contributed by atoms with Gasteiger partial charge < -0.3 is 5.11 Å². The molecule has 1 aromatic carbocycles. The van der Waals surface area contributed by atoms with Crippen molar-refractivity contribution in [1.82, 2.24) is 0 Å². The lowest BCUT2D eigenvalue weighted by molar-refractivity contribution is 0.143. The zero-order valence-corrected chi connectivity index (χ0v) is 9.52. The highest BCUT2D eigenvalue weighted by molar-refractivity contribution is 9.10. The molecule has 0 bridgehead atoms. The molecule has 0 radical (unpaired) electrons. The van der Waals surface area contributed by atoms with E-state index in [1.165, 1.54) is 6.07 Å². The molecule has 1 aromatic rings. The van der Waals surface area contributed by atoms with Crippen molar-refractivity contribution in [1.29, 1.82) is 0 Å². The van der Waals surface area contributed by atoms with Crippen molar-refractivity contribution < 1.29 is 9.50 Å². The van der Waals surface area contributed by atoms with E-state index in [0.717, 1.165) is 0 Å². The van der Waals surface area contributed by atoms with Crippen LogP contribution in [-0.4, -0.2) is 10.7 Å². The van der Waals surface area contributed by atoms with Gasteiger partial charge in [-0.15, -0.1) is 0 Å². The summed E-state index contributed by atoms with van der Waals surface area (Å²) in [7, 11) is 0. The first-order valence-corrected chi connectivity index (χ1v) is 4.88. The van der Waals surface area contributed by atoms with Gasteiger partial charge in [-0.2, -0.15) is 0 Å². The molecule has 0 unspecified atom stereocenters. The minimum Gasteiger partial charge on any atom is -0.378 e. The first-order valence-electron chi connectivity index (χ1n) is 4.09. The summed E-state index contributed by atoms with van der Waals surface area (Å²) >= 11 is 3.15. The number of hydrogen-bond donors (Lipinski definition) is 1. The van der Waals surface area contributed by atoms with Crippen LogP contribution < -0.4 is 0 Å². The van der Waals surface area contributed by atoms with Crippen molar-refractivity contribution in [2.75, 3.05) is 0 Å². The average molecular weight is 257 g/mol. The molecule has 0 aliphatic carbocycles. The molecule has 0 fully saturated rings. The number of halogens is 2. The first kappa shape index (κ1) is 11.2. The summed E-state index contributed by atoms with van der Waals surface area (Å²) < 4.78 is 13.9. The molecular formula is C11H10BrFO. The van der Waals surface area contributed by atoms with E-state index in [2.05, 4.69) is 27.8 Å². The average Bonchev–Trinajstić information content (AvgIpc) is 2.00. The Balaban J connectivity index is 3.02. The highest BCUT2D eigenvalue weighted by atomic mass is 79.9. The zero-order chi connectivity index (χ0) is 10.8. The second-order valence-corrected chi connectivity index (χ2v) is 4.35. The van der Waals surface area contributed by atoms with Gasteiger partial charge in [0.2, 0.25) is 0 Å². The highest BCUT2D eigenvalue weighted by Gasteiger charge is 2.06. The summed E-state index contributed by atoms with van der Waals surface area (Å²) in [6.07, 6.45) is 0. The Labute approximate surface area is 91.1 Å². The lowest BCUT2D eigenvalue weighted by Gasteiger charge is -2.06. The summed E-state index contributed by atoms with van der Waals surface area (Å²) in [6.45, 7) is 3.10. The molecule has 1 rings (SSSR count). The van der Waals surface area contributed by atoms with Gasteiger partial charge in [-0.3, -0.25) is 0 Å². The van der Waals surface area contributed by atoms with E-state index >= 15 is 0 Å². The van der Waals surface area contributed by atoms with E-state index in [9.17, 15) is 9.50 Å². The fraction of sp³-hybridized carbons (Fsp3) is 0.273. The summed E-state index contributed by atoms with van der Waals surface area (Å²) in [5.74, 6) is 4.74. The zero-order valence-electron chi connectivity index (χ0n) is 7.94. The van der Waals surface area contributed by atoms with E-state index in [1.807, 2.05) is 0 Å². The van der Waals surface area contributed by atoms with E-state index in [4.69, 9.17) is 0 Å². The van der Waals surface area contributed by atoms with Crippen LogP contribution >= 0.6 is 15.9 Å². The van der Waals surface area contributed by atoms with Gasteiger partial charge in [0, 0.05) is 4.47 Å². The minimum atomic E-state index is -1.10. The fourth-order valence-electron chi connectivity index (χ4n) is 0.811. The molecule has 14 heavy (non-hydrogen) atoms. The van der Waals surface area contributed by atoms with Crippen LogP contribution in [0.1, 0.15) is 19.4 Å². The van der Waals surface area contributed by atoms with Crippen LogP contribution in [0.15, 0.2) is 22.7 Å². The van der Waals surface area contributed by atoms with Gasteiger partial charge >= 0.3 is 0 Å². The van der Waals surface area contributed by atoms with Crippen LogP contribution in [0.4, 0.5) is 4.39 Å². The van der Waals surface area contributed by atoms with Gasteiger partial charge in [-0.25, -0.2) is 4.39 Å². The quantitative estimate of drug-likeness (QED) is 0.708. The van der Waals surface area contributed by atoms with E-state index in [1.54, 1.807) is 26.0 Å². The number of aliphatic hydroxyl groups is 1. The maximum Gasteiger partial charge on any atom is 0.139 e. The monoisotopic (exact) mass is 256 g/mol. The standard InChI is InChI=1S/C11H10BrFO/c1-11(2,14)6-5-8-3-4-9(12)7-10(8)13/h3-4,7,14H,1-2H3. The Morgan fingerprint density at radius 3 is 2.57 bits per heavy atom. The highest BCUT2D eigenvalue weighted by Crippen LogP contribution is 2.14. The molecule has 0 atom stereocenters. The van der Waals surface area contributed by atoms with Crippen molar-refractivity contribution in [3.8, 4) is 11.8 Å². The SMILES string of the molecule is CC(C)(O)C#Cc1ccc(Br)cc1F. The second-order valence-electron chi connectivity index (χ2n) is 3.43. The maximum atomic E-state index is 13.2. The minimum absolute atomic E-state index is 0.287. The molecule has 3 heteroatoms. The van der Waals surface area contributed by atoms with Crippen molar-refractivity contribution in [2.45, 2.75) is 19.4 Å². The summed E-state index contributed by atoms with van der Waals surface area (Å²) in [4.78, 5) is 0. The maximum absolute atomic E-state index is 13.2. The third-order valence-corrected chi connectivity index (χ3v) is 1.93. The Bertz CT molecular complexity index is 396. The summed E-state index contributed by atoms with van der Waals surface area (Å²) in [5, 5.41) is 9.32. The van der Waals surface area contributed by atoms with Gasteiger partial charge in [0.15, 0.2) is 0 Å².